The average molecular weight is 471 g/mol. The van der Waals surface area contributed by atoms with E-state index in [4.69, 9.17) is 0 Å². The largest absolute Gasteiger partial charge is 0.378 e. The highest BCUT2D eigenvalue weighted by molar-refractivity contribution is 7.32. The summed E-state index contributed by atoms with van der Waals surface area (Å²) in [5.74, 6) is 0. The van der Waals surface area contributed by atoms with Crippen LogP contribution in [0.3, 0.4) is 0 Å². The van der Waals surface area contributed by atoms with Gasteiger partial charge in [0.05, 0.1) is 21.1 Å². The molecule has 0 radical (unpaired) electrons. The lowest BCUT2D eigenvalue weighted by atomic mass is 9.99. The van der Waals surface area contributed by atoms with Crippen molar-refractivity contribution in [2.45, 2.75) is 148 Å². The summed E-state index contributed by atoms with van der Waals surface area (Å²) in [5, 5.41) is -0.587. The molecule has 0 aromatic heterocycles. The molecule has 4 heteroatoms. The van der Waals surface area contributed by atoms with Crippen LogP contribution in [0, 0.1) is 0 Å². The molecule has 32 heavy (non-hydrogen) atoms. The molecule has 1 atom stereocenters. The first-order valence-corrected chi connectivity index (χ1v) is 15.1. The van der Waals surface area contributed by atoms with E-state index < -0.39 is 13.0 Å². The van der Waals surface area contributed by atoms with Crippen molar-refractivity contribution >= 4 is 7.68 Å². The third kappa shape index (κ3) is 14.7. The Bertz CT molecular complexity index is 514. The zero-order chi connectivity index (χ0) is 24.1. The van der Waals surface area contributed by atoms with Crippen molar-refractivity contribution in [1.29, 1.82) is 0 Å². The Morgan fingerprint density at radius 1 is 0.594 bits per heavy atom. The fourth-order valence-corrected chi connectivity index (χ4v) is 6.11. The summed E-state index contributed by atoms with van der Waals surface area (Å²) in [6, 6.07) is 0. The van der Waals surface area contributed by atoms with E-state index in [0.717, 1.165) is 25.7 Å². The first-order valence-electron chi connectivity index (χ1n) is 13.9. The van der Waals surface area contributed by atoms with Crippen LogP contribution in [0.4, 0.5) is 0 Å². The first-order chi connectivity index (χ1) is 15.3. The van der Waals surface area contributed by atoms with Crippen molar-refractivity contribution < 1.29 is 13.6 Å². The molecule has 0 aliphatic carbocycles. The highest BCUT2D eigenvalue weighted by atomic mass is 31.1. The fourth-order valence-electron chi connectivity index (χ4n) is 4.88. The van der Waals surface area contributed by atoms with Gasteiger partial charge in [0.25, 0.3) is 0 Å². The van der Waals surface area contributed by atoms with E-state index >= 15 is 0 Å². The normalized spacial score (nSPS) is 14.2. The van der Waals surface area contributed by atoms with Crippen LogP contribution in [0.1, 0.15) is 142 Å². The minimum absolute atomic E-state index is 0.524. The van der Waals surface area contributed by atoms with Crippen LogP contribution in [-0.4, -0.2) is 30.9 Å². The number of hydrogen-bond donors (Lipinski definition) is 0. The maximum absolute atomic E-state index is 12.1. The molecule has 1 unspecified atom stereocenters. The highest BCUT2D eigenvalue weighted by Gasteiger charge is 2.47. The van der Waals surface area contributed by atoms with E-state index in [0.29, 0.717) is 4.48 Å². The third-order valence-electron chi connectivity index (χ3n) is 7.09. The van der Waals surface area contributed by atoms with Crippen LogP contribution < -0.4 is 0 Å². The number of unbranched alkanes of at least 4 members (excludes halogenated alkanes) is 15. The minimum Gasteiger partial charge on any atom is -0.314 e. The SMILES string of the molecule is CCC=CCCCCCCCCCCCCCCCCCC(CCC)(P(=O)=O)[N+](C)(C)C. The molecule has 0 rings (SSSR count). The van der Waals surface area contributed by atoms with Crippen LogP contribution in [0.2, 0.25) is 0 Å². The molecule has 0 amide bonds. The standard InChI is InChI=1S/C28H57NO2P/c1-6-8-9-10-11-12-13-14-15-16-17-18-19-20-21-22-23-24-25-27-28(26-7-2,32(30)31)29(3,4)5/h8-9H,6-7,10-27H2,1-5H3/q+1. The van der Waals surface area contributed by atoms with Crippen LogP contribution in [0.15, 0.2) is 12.2 Å². The lowest BCUT2D eigenvalue weighted by Crippen LogP contribution is -2.53. The molecular formula is C28H57NO2P+. The predicted molar refractivity (Wildman–Crippen MR) is 142 cm³/mol. The lowest BCUT2D eigenvalue weighted by molar-refractivity contribution is -0.908. The van der Waals surface area contributed by atoms with E-state index in [-0.39, 0.29) is 0 Å². The van der Waals surface area contributed by atoms with Gasteiger partial charge in [-0.25, -0.2) is 9.13 Å². The molecule has 0 aliphatic rings. The van der Waals surface area contributed by atoms with E-state index in [9.17, 15) is 9.13 Å². The van der Waals surface area contributed by atoms with Crippen molar-refractivity contribution in [2.24, 2.45) is 0 Å². The summed E-state index contributed by atoms with van der Waals surface area (Å²) in [6.45, 7) is 4.30. The molecule has 3 nitrogen and oxygen atoms in total. The predicted octanol–water partition coefficient (Wildman–Crippen LogP) is 9.96. The number of rotatable bonds is 23. The molecule has 0 heterocycles. The van der Waals surface area contributed by atoms with Crippen LogP contribution >= 0.6 is 7.68 Å². The summed E-state index contributed by atoms with van der Waals surface area (Å²) in [4.78, 5) is 0. The lowest BCUT2D eigenvalue weighted by Gasteiger charge is -2.41. The fraction of sp³-hybridized carbons (Fsp3) is 0.929. The Morgan fingerprint density at radius 3 is 1.34 bits per heavy atom. The Hall–Kier alpha value is -0.400. The van der Waals surface area contributed by atoms with Gasteiger partial charge in [0.1, 0.15) is 0 Å². The second-order valence-corrected chi connectivity index (χ2v) is 12.1. The zero-order valence-corrected chi connectivity index (χ0v) is 23.4. The quantitative estimate of drug-likeness (QED) is 0.0644. The summed E-state index contributed by atoms with van der Waals surface area (Å²) < 4.78 is 24.7. The van der Waals surface area contributed by atoms with Crippen molar-refractivity contribution in [3.63, 3.8) is 0 Å². The van der Waals surface area contributed by atoms with E-state index in [2.05, 4.69) is 26.0 Å². The van der Waals surface area contributed by atoms with Gasteiger partial charge in [-0.15, -0.1) is 0 Å². The van der Waals surface area contributed by atoms with Gasteiger partial charge in [0.15, 0.2) is 0 Å². The molecule has 0 N–H and O–H groups in total. The molecule has 0 aromatic carbocycles. The van der Waals surface area contributed by atoms with E-state index in [1.54, 1.807) is 0 Å². The van der Waals surface area contributed by atoms with Gasteiger partial charge in [-0.05, 0) is 32.1 Å². The Balaban J connectivity index is 3.58. The Morgan fingerprint density at radius 2 is 1.00 bits per heavy atom. The summed E-state index contributed by atoms with van der Waals surface area (Å²) in [6.07, 6.45) is 29.7. The average Bonchev–Trinajstić information content (AvgIpc) is 2.73. The molecule has 0 fully saturated rings. The van der Waals surface area contributed by atoms with Gasteiger partial charge in [-0.2, -0.15) is 0 Å². The zero-order valence-electron chi connectivity index (χ0n) is 22.5. The maximum Gasteiger partial charge on any atom is 0.378 e. The van der Waals surface area contributed by atoms with Crippen molar-refractivity contribution in [1.82, 2.24) is 0 Å². The van der Waals surface area contributed by atoms with Gasteiger partial charge in [-0.3, -0.25) is 0 Å². The molecule has 0 saturated carbocycles. The van der Waals surface area contributed by atoms with Gasteiger partial charge in [-0.1, -0.05) is 109 Å². The topological polar surface area (TPSA) is 34.1 Å². The van der Waals surface area contributed by atoms with E-state index in [1.165, 1.54) is 103 Å². The van der Waals surface area contributed by atoms with Gasteiger partial charge in [0.2, 0.25) is 5.28 Å². The molecule has 0 aliphatic heterocycles. The molecule has 0 saturated heterocycles. The smallest absolute Gasteiger partial charge is 0.314 e. The minimum atomic E-state index is -2.42. The summed E-state index contributed by atoms with van der Waals surface area (Å²) in [7, 11) is 3.69. The second kappa shape index (κ2) is 20.0. The van der Waals surface area contributed by atoms with Crippen LogP contribution in [0.25, 0.3) is 0 Å². The first kappa shape index (κ1) is 31.6. The summed E-state index contributed by atoms with van der Waals surface area (Å²) in [5.41, 5.74) is 0. The maximum atomic E-state index is 12.1. The van der Waals surface area contributed by atoms with Gasteiger partial charge in [0, 0.05) is 12.8 Å². The number of allylic oxidation sites excluding steroid dienone is 2. The van der Waals surface area contributed by atoms with Crippen molar-refractivity contribution in [3.05, 3.63) is 12.2 Å². The van der Waals surface area contributed by atoms with Gasteiger partial charge >= 0.3 is 7.68 Å². The van der Waals surface area contributed by atoms with Crippen LogP contribution in [-0.2, 0) is 9.13 Å². The Labute approximate surface area is 202 Å². The highest BCUT2D eigenvalue weighted by Crippen LogP contribution is 2.44. The second-order valence-electron chi connectivity index (χ2n) is 10.7. The van der Waals surface area contributed by atoms with E-state index in [1.807, 2.05) is 21.1 Å². The number of nitrogens with zero attached hydrogens (tertiary/aromatic N) is 1. The molecule has 190 valence electrons. The number of quaternary nitrogens is 1. The number of hydrogen-bond acceptors (Lipinski definition) is 2. The summed E-state index contributed by atoms with van der Waals surface area (Å²) >= 11 is 0. The van der Waals surface area contributed by atoms with Crippen LogP contribution in [0.5, 0.6) is 0 Å². The third-order valence-corrected chi connectivity index (χ3v) is 8.82. The molecular weight excluding hydrogens is 413 g/mol. The molecule has 0 bridgehead atoms. The van der Waals surface area contributed by atoms with Crippen molar-refractivity contribution in [3.8, 4) is 0 Å². The molecule has 0 spiro atoms. The molecule has 0 aromatic rings. The van der Waals surface area contributed by atoms with Crippen molar-refractivity contribution in [2.75, 3.05) is 21.1 Å². The van der Waals surface area contributed by atoms with Gasteiger partial charge < -0.3 is 4.48 Å². The monoisotopic (exact) mass is 470 g/mol. The Kier molecular flexibility index (Phi) is 19.8.